The third kappa shape index (κ3) is 4.41. The van der Waals surface area contributed by atoms with Crippen LogP contribution < -0.4 is 15.2 Å². The van der Waals surface area contributed by atoms with Gasteiger partial charge >= 0.3 is 5.69 Å². The van der Waals surface area contributed by atoms with Gasteiger partial charge in [0.25, 0.3) is 0 Å². The van der Waals surface area contributed by atoms with Crippen molar-refractivity contribution in [2.24, 2.45) is 0 Å². The average Bonchev–Trinajstić information content (AvgIpc) is 2.78. The van der Waals surface area contributed by atoms with E-state index >= 15 is 0 Å². The lowest BCUT2D eigenvalue weighted by Gasteiger charge is -2.11. The van der Waals surface area contributed by atoms with Crippen molar-refractivity contribution in [1.29, 1.82) is 0 Å². The van der Waals surface area contributed by atoms with E-state index in [9.17, 15) is 4.79 Å². The lowest BCUT2D eigenvalue weighted by Crippen LogP contribution is -2.12. The van der Waals surface area contributed by atoms with Gasteiger partial charge in [-0.15, -0.1) is 0 Å². The molecule has 1 heterocycles. The first kappa shape index (κ1) is 19.5. The molecule has 1 N–H and O–H groups in total. The highest BCUT2D eigenvalue weighted by Crippen LogP contribution is 2.28. The van der Waals surface area contributed by atoms with E-state index in [1.807, 2.05) is 85.8 Å². The second-order valence-corrected chi connectivity index (χ2v) is 6.97. The van der Waals surface area contributed by atoms with E-state index in [0.717, 1.165) is 28.0 Å². The maximum atomic E-state index is 12.2. The molecule has 0 amide bonds. The molecule has 5 heteroatoms. The number of nitrogens with zero attached hydrogens (tertiary/aromatic N) is 1. The maximum Gasteiger partial charge on any atom is 0.345 e. The third-order valence-electron chi connectivity index (χ3n) is 4.83. The van der Waals surface area contributed by atoms with Crippen molar-refractivity contribution in [3.63, 3.8) is 0 Å². The van der Waals surface area contributed by atoms with Crippen molar-refractivity contribution >= 4 is 0 Å². The van der Waals surface area contributed by atoms with Gasteiger partial charge in [-0.3, -0.25) is 0 Å². The third-order valence-corrected chi connectivity index (χ3v) is 4.83. The van der Waals surface area contributed by atoms with Gasteiger partial charge in [-0.25, -0.2) is 4.79 Å². The van der Waals surface area contributed by atoms with Crippen molar-refractivity contribution in [3.05, 3.63) is 100 Å². The molecule has 0 unspecified atom stereocenters. The minimum absolute atomic E-state index is 0.396. The molecular formula is C25H22N2O3. The Balaban J connectivity index is 1.61. The number of aromatic nitrogens is 2. The summed E-state index contributed by atoms with van der Waals surface area (Å²) in [6.07, 6.45) is 0. The number of aryl methyl sites for hydroxylation is 1. The summed E-state index contributed by atoms with van der Waals surface area (Å²) in [4.78, 5) is 19.1. The highest BCUT2D eigenvalue weighted by atomic mass is 16.5. The van der Waals surface area contributed by atoms with Crippen molar-refractivity contribution in [2.45, 2.75) is 13.5 Å². The first-order valence-electron chi connectivity index (χ1n) is 9.66. The molecule has 0 aliphatic carbocycles. The lowest BCUT2D eigenvalue weighted by molar-refractivity contribution is 0.304. The van der Waals surface area contributed by atoms with Crippen LogP contribution in [0, 0.1) is 6.92 Å². The van der Waals surface area contributed by atoms with E-state index < -0.39 is 5.69 Å². The van der Waals surface area contributed by atoms with Crippen LogP contribution in [0.3, 0.4) is 0 Å². The SMILES string of the molecule is COc1cccc(-c2cc(-c3ccc(OCc4ccccc4)c(C)c3)[nH]c(=O)n2)c1. The zero-order valence-electron chi connectivity index (χ0n) is 16.9. The van der Waals surface area contributed by atoms with Crippen molar-refractivity contribution in [2.75, 3.05) is 7.11 Å². The fourth-order valence-electron chi connectivity index (χ4n) is 3.26. The molecule has 0 saturated carbocycles. The van der Waals surface area contributed by atoms with Gasteiger partial charge in [0.05, 0.1) is 18.5 Å². The summed E-state index contributed by atoms with van der Waals surface area (Å²) in [5.41, 5.74) is 4.71. The molecule has 4 rings (SSSR count). The number of benzene rings is 3. The van der Waals surface area contributed by atoms with Crippen LogP contribution in [0.25, 0.3) is 22.5 Å². The molecule has 0 radical (unpaired) electrons. The minimum atomic E-state index is -0.396. The molecule has 0 aliphatic rings. The van der Waals surface area contributed by atoms with Gasteiger partial charge in [-0.2, -0.15) is 4.98 Å². The fourth-order valence-corrected chi connectivity index (χ4v) is 3.26. The number of hydrogen-bond acceptors (Lipinski definition) is 4. The predicted octanol–water partition coefficient (Wildman–Crippen LogP) is 5.00. The van der Waals surface area contributed by atoms with E-state index in [4.69, 9.17) is 9.47 Å². The second-order valence-electron chi connectivity index (χ2n) is 6.97. The summed E-state index contributed by atoms with van der Waals surface area (Å²) in [5, 5.41) is 0. The van der Waals surface area contributed by atoms with Crippen molar-refractivity contribution < 1.29 is 9.47 Å². The molecule has 3 aromatic carbocycles. The number of H-pyrrole nitrogens is 1. The van der Waals surface area contributed by atoms with Crippen LogP contribution in [0.5, 0.6) is 11.5 Å². The van der Waals surface area contributed by atoms with Gasteiger partial charge in [0.1, 0.15) is 18.1 Å². The average molecular weight is 398 g/mol. The Hall–Kier alpha value is -3.86. The second kappa shape index (κ2) is 8.66. The molecular weight excluding hydrogens is 376 g/mol. The van der Waals surface area contributed by atoms with Gasteiger partial charge in [-0.1, -0.05) is 42.5 Å². The van der Waals surface area contributed by atoms with Crippen LogP contribution in [0.2, 0.25) is 0 Å². The van der Waals surface area contributed by atoms with Gasteiger partial charge in [-0.05, 0) is 60.0 Å². The molecule has 0 spiro atoms. The summed E-state index contributed by atoms with van der Waals surface area (Å²) in [6.45, 7) is 2.50. The molecule has 0 fully saturated rings. The zero-order valence-corrected chi connectivity index (χ0v) is 16.9. The summed E-state index contributed by atoms with van der Waals surface area (Å²) in [7, 11) is 1.61. The molecule has 4 aromatic rings. The van der Waals surface area contributed by atoms with Crippen LogP contribution >= 0.6 is 0 Å². The molecule has 0 saturated heterocycles. The van der Waals surface area contributed by atoms with Crippen LogP contribution in [0.4, 0.5) is 0 Å². The number of methoxy groups -OCH3 is 1. The number of aromatic amines is 1. The van der Waals surface area contributed by atoms with Crippen LogP contribution in [0.1, 0.15) is 11.1 Å². The summed E-state index contributed by atoms with van der Waals surface area (Å²) >= 11 is 0. The largest absolute Gasteiger partial charge is 0.497 e. The topological polar surface area (TPSA) is 64.2 Å². The van der Waals surface area contributed by atoms with E-state index in [2.05, 4.69) is 9.97 Å². The first-order valence-corrected chi connectivity index (χ1v) is 9.66. The summed E-state index contributed by atoms with van der Waals surface area (Å²) in [5.74, 6) is 1.53. The Morgan fingerprint density at radius 1 is 0.900 bits per heavy atom. The van der Waals surface area contributed by atoms with Crippen LogP contribution in [-0.2, 0) is 6.61 Å². The number of nitrogens with one attached hydrogen (secondary N) is 1. The van der Waals surface area contributed by atoms with Crippen LogP contribution in [0.15, 0.2) is 83.7 Å². The molecule has 5 nitrogen and oxygen atoms in total. The Labute approximate surface area is 175 Å². The highest BCUT2D eigenvalue weighted by Gasteiger charge is 2.09. The van der Waals surface area contributed by atoms with Gasteiger partial charge < -0.3 is 14.5 Å². The number of rotatable bonds is 6. The maximum absolute atomic E-state index is 12.2. The minimum Gasteiger partial charge on any atom is -0.497 e. The van der Waals surface area contributed by atoms with Gasteiger partial charge in [0.2, 0.25) is 0 Å². The monoisotopic (exact) mass is 398 g/mol. The van der Waals surface area contributed by atoms with E-state index in [0.29, 0.717) is 23.7 Å². The molecule has 0 atom stereocenters. The van der Waals surface area contributed by atoms with E-state index in [1.165, 1.54) is 0 Å². The molecule has 150 valence electrons. The van der Waals surface area contributed by atoms with Crippen LogP contribution in [-0.4, -0.2) is 17.1 Å². The summed E-state index contributed by atoms with van der Waals surface area (Å²) in [6, 6.07) is 25.3. The molecule has 0 aliphatic heterocycles. The van der Waals surface area contributed by atoms with Gasteiger partial charge in [0, 0.05) is 5.56 Å². The van der Waals surface area contributed by atoms with E-state index in [-0.39, 0.29) is 0 Å². The van der Waals surface area contributed by atoms with Gasteiger partial charge in [0.15, 0.2) is 0 Å². The van der Waals surface area contributed by atoms with E-state index in [1.54, 1.807) is 7.11 Å². The lowest BCUT2D eigenvalue weighted by atomic mass is 10.1. The highest BCUT2D eigenvalue weighted by molar-refractivity contribution is 5.69. The Morgan fingerprint density at radius 2 is 1.73 bits per heavy atom. The normalized spacial score (nSPS) is 10.6. The standard InChI is InChI=1S/C25H22N2O3/c1-17-13-20(11-12-24(17)30-16-18-7-4-3-5-8-18)23-15-22(26-25(28)27-23)19-9-6-10-21(14-19)29-2/h3-15H,16H2,1-2H3,(H,26,27,28). The zero-order chi connectivity index (χ0) is 20.9. The Morgan fingerprint density at radius 3 is 2.50 bits per heavy atom. The molecule has 1 aromatic heterocycles. The fraction of sp³-hybridized carbons (Fsp3) is 0.120. The smallest absolute Gasteiger partial charge is 0.345 e. The predicted molar refractivity (Wildman–Crippen MR) is 118 cm³/mol. The van der Waals surface area contributed by atoms with Crippen molar-refractivity contribution in [3.8, 4) is 34.0 Å². The first-order chi connectivity index (χ1) is 14.6. The molecule has 0 bridgehead atoms. The Kier molecular flexibility index (Phi) is 5.61. The quantitative estimate of drug-likeness (QED) is 0.496. The number of ether oxygens (including phenoxy) is 2. The molecule has 30 heavy (non-hydrogen) atoms. The summed E-state index contributed by atoms with van der Waals surface area (Å²) < 4.78 is 11.2. The van der Waals surface area contributed by atoms with Crippen molar-refractivity contribution in [1.82, 2.24) is 9.97 Å². The Bertz CT molecular complexity index is 1220. The number of hydrogen-bond donors (Lipinski definition) is 1.